The quantitative estimate of drug-likeness (QED) is 0.325. The molecule has 3 aromatic carbocycles. The lowest BCUT2D eigenvalue weighted by molar-refractivity contribution is 0.665. The van der Waals surface area contributed by atoms with E-state index >= 15 is 0 Å². The van der Waals surface area contributed by atoms with Gasteiger partial charge in [-0.1, -0.05) is 74.1 Å². The molecule has 0 N–H and O–H groups in total. The lowest BCUT2D eigenvalue weighted by Crippen LogP contribution is -2.23. The van der Waals surface area contributed by atoms with Gasteiger partial charge >= 0.3 is 0 Å². The number of para-hydroxylation sites is 1. The molecule has 5 rings (SSSR count). The maximum Gasteiger partial charge on any atom is 0.159 e. The number of allylic oxidation sites excluding steroid dienone is 2. The second kappa shape index (κ2) is 7.49. The summed E-state index contributed by atoms with van der Waals surface area (Å²) in [7, 11) is 0. The van der Waals surface area contributed by atoms with Crippen LogP contribution in [-0.2, 0) is 0 Å². The van der Waals surface area contributed by atoms with E-state index in [9.17, 15) is 0 Å². The Kier molecular flexibility index (Phi) is 4.90. The van der Waals surface area contributed by atoms with E-state index in [2.05, 4.69) is 95.0 Å². The van der Waals surface area contributed by atoms with Gasteiger partial charge in [-0.05, 0) is 61.9 Å². The molecule has 31 heavy (non-hydrogen) atoms. The van der Waals surface area contributed by atoms with Gasteiger partial charge in [-0.25, -0.2) is 0 Å². The van der Waals surface area contributed by atoms with E-state index in [1.54, 1.807) is 0 Å². The zero-order valence-electron chi connectivity index (χ0n) is 19.1. The molecule has 1 aliphatic heterocycles. The number of rotatable bonds is 3. The molecule has 0 fully saturated rings. The molecule has 3 heteroatoms. The monoisotopic (exact) mass is 427 g/mol. The molecule has 0 bridgehead atoms. The van der Waals surface area contributed by atoms with E-state index in [-0.39, 0.29) is 5.37 Å². The summed E-state index contributed by atoms with van der Waals surface area (Å²) in [5.74, 6) is 0.483. The maximum absolute atomic E-state index is 6.49. The van der Waals surface area contributed by atoms with Crippen LogP contribution in [0.25, 0.3) is 21.9 Å². The first kappa shape index (κ1) is 20.3. The average molecular weight is 428 g/mol. The van der Waals surface area contributed by atoms with E-state index in [0.29, 0.717) is 5.92 Å². The normalized spacial score (nSPS) is 17.0. The number of furan rings is 1. The molecule has 0 radical (unpaired) electrons. The standard InChI is InChI=1S/C28H29NOS/c1-16(2)27-20(6)29(28(31-27)24-17(3)10-9-11-18(24)4)25-19(5)14-15-22-21-12-7-8-13-23(21)30-26(22)25/h7-16,28H,1-6H3. The van der Waals surface area contributed by atoms with Gasteiger partial charge in [0.1, 0.15) is 11.0 Å². The van der Waals surface area contributed by atoms with Crippen molar-refractivity contribution in [3.63, 3.8) is 0 Å². The molecule has 158 valence electrons. The first-order chi connectivity index (χ1) is 14.9. The molecule has 1 atom stereocenters. The Balaban J connectivity index is 1.82. The third kappa shape index (κ3) is 3.10. The Hall–Kier alpha value is -2.65. The Morgan fingerprint density at radius 1 is 0.806 bits per heavy atom. The number of aryl methyl sites for hydroxylation is 3. The molecule has 0 saturated heterocycles. The minimum atomic E-state index is 0.205. The summed E-state index contributed by atoms with van der Waals surface area (Å²) in [6.07, 6.45) is 0. The molecule has 1 aromatic heterocycles. The van der Waals surface area contributed by atoms with Gasteiger partial charge < -0.3 is 9.32 Å². The van der Waals surface area contributed by atoms with Crippen molar-refractivity contribution < 1.29 is 4.42 Å². The number of hydrogen-bond donors (Lipinski definition) is 0. The van der Waals surface area contributed by atoms with Crippen LogP contribution >= 0.6 is 11.8 Å². The van der Waals surface area contributed by atoms with Gasteiger partial charge in [-0.2, -0.15) is 0 Å². The SMILES string of the molecule is CC1=C(C(C)C)SC(c2c(C)cccc2C)N1c1c(C)ccc2c1oc1ccccc12. The lowest BCUT2D eigenvalue weighted by Gasteiger charge is -2.31. The number of anilines is 1. The second-order valence-corrected chi connectivity index (χ2v) is 10.1. The highest BCUT2D eigenvalue weighted by Crippen LogP contribution is 2.55. The first-order valence-corrected chi connectivity index (χ1v) is 11.9. The highest BCUT2D eigenvalue weighted by atomic mass is 32.2. The average Bonchev–Trinajstić information content (AvgIpc) is 3.26. The number of hydrogen-bond acceptors (Lipinski definition) is 3. The van der Waals surface area contributed by atoms with Gasteiger partial charge in [0.05, 0.1) is 5.69 Å². The van der Waals surface area contributed by atoms with E-state index in [1.807, 2.05) is 17.8 Å². The number of fused-ring (bicyclic) bond motifs is 3. The van der Waals surface area contributed by atoms with Crippen LogP contribution < -0.4 is 4.90 Å². The van der Waals surface area contributed by atoms with E-state index in [0.717, 1.165) is 11.2 Å². The number of thioether (sulfide) groups is 1. The molecule has 0 aliphatic carbocycles. The van der Waals surface area contributed by atoms with Crippen molar-refractivity contribution in [2.45, 2.75) is 46.9 Å². The fraction of sp³-hybridized carbons (Fsp3) is 0.286. The van der Waals surface area contributed by atoms with Crippen molar-refractivity contribution in [1.82, 2.24) is 0 Å². The zero-order valence-corrected chi connectivity index (χ0v) is 19.9. The molecule has 4 aromatic rings. The predicted octanol–water partition coefficient (Wildman–Crippen LogP) is 8.65. The molecule has 2 heterocycles. The Morgan fingerprint density at radius 3 is 2.23 bits per heavy atom. The molecule has 0 spiro atoms. The topological polar surface area (TPSA) is 16.4 Å². The van der Waals surface area contributed by atoms with Gasteiger partial charge in [-0.15, -0.1) is 0 Å². The van der Waals surface area contributed by atoms with Crippen molar-refractivity contribution >= 4 is 39.4 Å². The smallest absolute Gasteiger partial charge is 0.159 e. The van der Waals surface area contributed by atoms with Crippen LogP contribution in [0.2, 0.25) is 0 Å². The Bertz CT molecular complexity index is 1320. The summed E-state index contributed by atoms with van der Waals surface area (Å²) >= 11 is 2.00. The third-order valence-electron chi connectivity index (χ3n) is 6.47. The third-order valence-corrected chi connectivity index (χ3v) is 8.16. The van der Waals surface area contributed by atoms with Crippen LogP contribution in [0.4, 0.5) is 5.69 Å². The van der Waals surface area contributed by atoms with Crippen LogP contribution in [0.3, 0.4) is 0 Å². The van der Waals surface area contributed by atoms with Crippen molar-refractivity contribution in [3.8, 4) is 0 Å². The molecule has 1 aliphatic rings. The number of nitrogens with zero attached hydrogens (tertiary/aromatic N) is 1. The van der Waals surface area contributed by atoms with Crippen LogP contribution in [0, 0.1) is 26.7 Å². The van der Waals surface area contributed by atoms with Gasteiger partial charge in [0.25, 0.3) is 0 Å². The van der Waals surface area contributed by atoms with Crippen molar-refractivity contribution in [2.24, 2.45) is 5.92 Å². The minimum Gasteiger partial charge on any atom is -0.454 e. The van der Waals surface area contributed by atoms with Gasteiger partial charge in [0.2, 0.25) is 0 Å². The molecular weight excluding hydrogens is 398 g/mol. The molecule has 0 amide bonds. The van der Waals surface area contributed by atoms with Gasteiger partial charge in [0, 0.05) is 21.4 Å². The van der Waals surface area contributed by atoms with E-state index in [1.165, 1.54) is 49.3 Å². The molecular formula is C28H29NOS. The van der Waals surface area contributed by atoms with E-state index in [4.69, 9.17) is 4.42 Å². The largest absolute Gasteiger partial charge is 0.454 e. The van der Waals surface area contributed by atoms with Crippen LogP contribution in [0.5, 0.6) is 0 Å². The fourth-order valence-electron chi connectivity index (χ4n) is 4.97. The van der Waals surface area contributed by atoms with Crippen molar-refractivity contribution in [3.05, 3.63) is 87.5 Å². The molecule has 1 unspecified atom stereocenters. The highest BCUT2D eigenvalue weighted by molar-refractivity contribution is 8.03. The summed E-state index contributed by atoms with van der Waals surface area (Å²) < 4.78 is 6.49. The first-order valence-electron chi connectivity index (χ1n) is 11.0. The van der Waals surface area contributed by atoms with Crippen molar-refractivity contribution in [1.29, 1.82) is 0 Å². The predicted molar refractivity (Wildman–Crippen MR) is 135 cm³/mol. The summed E-state index contributed by atoms with van der Waals surface area (Å²) in [6.45, 7) is 13.5. The second-order valence-electron chi connectivity index (χ2n) is 8.96. The van der Waals surface area contributed by atoms with E-state index < -0.39 is 0 Å². The summed E-state index contributed by atoms with van der Waals surface area (Å²) in [5, 5.41) is 2.57. The van der Waals surface area contributed by atoms with Crippen molar-refractivity contribution in [2.75, 3.05) is 4.90 Å². The van der Waals surface area contributed by atoms with Gasteiger partial charge in [0.15, 0.2) is 5.58 Å². The minimum absolute atomic E-state index is 0.205. The molecule has 0 saturated carbocycles. The Labute approximate surface area is 188 Å². The van der Waals surface area contributed by atoms with Gasteiger partial charge in [-0.3, -0.25) is 0 Å². The summed E-state index contributed by atoms with van der Waals surface area (Å²) in [5.41, 5.74) is 9.81. The maximum atomic E-state index is 6.49. The molecule has 2 nitrogen and oxygen atoms in total. The number of benzene rings is 3. The summed E-state index contributed by atoms with van der Waals surface area (Å²) in [6, 6.07) is 19.4. The fourth-order valence-corrected chi connectivity index (χ4v) is 6.61. The van der Waals surface area contributed by atoms with Crippen LogP contribution in [0.1, 0.15) is 48.4 Å². The Morgan fingerprint density at radius 2 is 1.52 bits per heavy atom. The zero-order chi connectivity index (χ0) is 21.9. The lowest BCUT2D eigenvalue weighted by atomic mass is 10.0. The highest BCUT2D eigenvalue weighted by Gasteiger charge is 2.37. The van der Waals surface area contributed by atoms with Crippen LogP contribution in [0.15, 0.2) is 69.6 Å². The van der Waals surface area contributed by atoms with Crippen LogP contribution in [-0.4, -0.2) is 0 Å². The summed E-state index contributed by atoms with van der Waals surface area (Å²) in [4.78, 5) is 4.00.